The number of anilines is 1. The minimum absolute atomic E-state index is 0.0209. The van der Waals surface area contributed by atoms with E-state index >= 15 is 0 Å². The van der Waals surface area contributed by atoms with Gasteiger partial charge in [0.15, 0.2) is 0 Å². The SMILES string of the molecule is CCN(C(=O)CC1c2ccccc2C=CN1C(C)=O)c1cc(C)ccc1C. The Morgan fingerprint density at radius 2 is 1.85 bits per heavy atom. The third-order valence-corrected chi connectivity index (χ3v) is 5.11. The van der Waals surface area contributed by atoms with Gasteiger partial charge in [-0.1, -0.05) is 36.4 Å². The highest BCUT2D eigenvalue weighted by Crippen LogP contribution is 2.34. The molecule has 1 atom stereocenters. The average Bonchev–Trinajstić information content (AvgIpc) is 2.65. The monoisotopic (exact) mass is 362 g/mol. The average molecular weight is 362 g/mol. The van der Waals surface area contributed by atoms with Crippen molar-refractivity contribution in [3.63, 3.8) is 0 Å². The van der Waals surface area contributed by atoms with Crippen LogP contribution in [0.4, 0.5) is 5.69 Å². The van der Waals surface area contributed by atoms with Crippen LogP contribution >= 0.6 is 0 Å². The molecule has 0 saturated carbocycles. The fourth-order valence-corrected chi connectivity index (χ4v) is 3.68. The van der Waals surface area contributed by atoms with Gasteiger partial charge in [0.05, 0.1) is 12.5 Å². The molecule has 0 radical (unpaired) electrons. The zero-order valence-electron chi connectivity index (χ0n) is 16.4. The Morgan fingerprint density at radius 1 is 1.11 bits per heavy atom. The maximum absolute atomic E-state index is 13.2. The summed E-state index contributed by atoms with van der Waals surface area (Å²) in [6, 6.07) is 13.8. The molecule has 4 heteroatoms. The standard InChI is InChI=1S/C23H26N2O2/c1-5-24(21-14-16(2)10-11-17(21)3)23(27)15-22-20-9-7-6-8-19(20)12-13-25(22)18(4)26/h6-14,22H,5,15H2,1-4H3. The molecular weight excluding hydrogens is 336 g/mol. The topological polar surface area (TPSA) is 40.6 Å². The Hall–Kier alpha value is -2.88. The van der Waals surface area contributed by atoms with Crippen molar-refractivity contribution < 1.29 is 9.59 Å². The second-order valence-electron chi connectivity index (χ2n) is 7.02. The molecule has 2 aromatic carbocycles. The molecule has 1 aliphatic heterocycles. The molecule has 1 aliphatic rings. The highest BCUT2D eigenvalue weighted by atomic mass is 16.2. The van der Waals surface area contributed by atoms with E-state index < -0.39 is 0 Å². The summed E-state index contributed by atoms with van der Waals surface area (Å²) in [4.78, 5) is 28.9. The number of nitrogens with zero attached hydrogens (tertiary/aromatic N) is 2. The Labute approximate surface area is 161 Å². The van der Waals surface area contributed by atoms with Gasteiger partial charge >= 0.3 is 0 Å². The molecule has 0 bridgehead atoms. The van der Waals surface area contributed by atoms with Crippen LogP contribution in [-0.2, 0) is 9.59 Å². The molecule has 1 unspecified atom stereocenters. The van der Waals surface area contributed by atoms with Gasteiger partial charge in [0, 0.05) is 25.4 Å². The van der Waals surface area contributed by atoms with Gasteiger partial charge in [0.25, 0.3) is 0 Å². The summed E-state index contributed by atoms with van der Waals surface area (Å²) in [5.74, 6) is -0.0408. The number of carbonyl (C=O) groups excluding carboxylic acids is 2. The Kier molecular flexibility index (Phi) is 5.45. The van der Waals surface area contributed by atoms with Gasteiger partial charge < -0.3 is 9.80 Å². The normalized spacial score (nSPS) is 15.4. The maximum Gasteiger partial charge on any atom is 0.229 e. The number of hydrogen-bond donors (Lipinski definition) is 0. The van der Waals surface area contributed by atoms with Crippen LogP contribution < -0.4 is 4.90 Å². The third kappa shape index (κ3) is 3.80. The van der Waals surface area contributed by atoms with Crippen molar-refractivity contribution in [1.29, 1.82) is 0 Å². The van der Waals surface area contributed by atoms with E-state index in [1.807, 2.05) is 68.1 Å². The summed E-state index contributed by atoms with van der Waals surface area (Å²) in [6.45, 7) is 8.16. The van der Waals surface area contributed by atoms with Gasteiger partial charge in [-0.2, -0.15) is 0 Å². The first-order chi connectivity index (χ1) is 12.9. The Morgan fingerprint density at radius 3 is 2.56 bits per heavy atom. The molecule has 0 N–H and O–H groups in total. The lowest BCUT2D eigenvalue weighted by Gasteiger charge is -2.34. The molecule has 1 heterocycles. The van der Waals surface area contributed by atoms with Gasteiger partial charge in [-0.3, -0.25) is 9.59 Å². The molecule has 27 heavy (non-hydrogen) atoms. The van der Waals surface area contributed by atoms with Crippen LogP contribution in [0.5, 0.6) is 0 Å². The number of carbonyl (C=O) groups is 2. The van der Waals surface area contributed by atoms with Gasteiger partial charge in [-0.25, -0.2) is 0 Å². The highest BCUT2D eigenvalue weighted by molar-refractivity contribution is 5.95. The summed E-state index contributed by atoms with van der Waals surface area (Å²) in [5.41, 5.74) is 5.21. The largest absolute Gasteiger partial charge is 0.312 e. The summed E-state index contributed by atoms with van der Waals surface area (Å²) < 4.78 is 0. The van der Waals surface area contributed by atoms with Crippen molar-refractivity contribution in [2.24, 2.45) is 0 Å². The van der Waals surface area contributed by atoms with Crippen molar-refractivity contribution >= 4 is 23.6 Å². The molecule has 0 aliphatic carbocycles. The Balaban J connectivity index is 1.93. The Bertz CT molecular complexity index is 901. The lowest BCUT2D eigenvalue weighted by atomic mass is 9.93. The van der Waals surface area contributed by atoms with Crippen LogP contribution in [0.25, 0.3) is 6.08 Å². The molecule has 2 amide bonds. The first-order valence-corrected chi connectivity index (χ1v) is 9.36. The van der Waals surface area contributed by atoms with Crippen LogP contribution in [-0.4, -0.2) is 23.3 Å². The van der Waals surface area contributed by atoms with Crippen LogP contribution in [0.1, 0.15) is 48.6 Å². The molecule has 0 fully saturated rings. The molecule has 4 nitrogen and oxygen atoms in total. The lowest BCUT2D eigenvalue weighted by molar-refractivity contribution is -0.129. The van der Waals surface area contributed by atoms with Crippen LogP contribution in [0.15, 0.2) is 48.7 Å². The van der Waals surface area contributed by atoms with Gasteiger partial charge in [0.1, 0.15) is 0 Å². The van der Waals surface area contributed by atoms with Crippen LogP contribution in [0.3, 0.4) is 0 Å². The van der Waals surface area contributed by atoms with E-state index in [-0.39, 0.29) is 24.3 Å². The summed E-state index contributed by atoms with van der Waals surface area (Å²) in [5, 5.41) is 0. The second-order valence-corrected chi connectivity index (χ2v) is 7.02. The van der Waals surface area contributed by atoms with Gasteiger partial charge in [-0.15, -0.1) is 0 Å². The zero-order valence-corrected chi connectivity index (χ0v) is 16.4. The van der Waals surface area contributed by atoms with Crippen molar-refractivity contribution in [3.8, 4) is 0 Å². The molecule has 3 rings (SSSR count). The summed E-state index contributed by atoms with van der Waals surface area (Å²) in [6.07, 6.45) is 3.97. The van der Waals surface area contributed by atoms with E-state index in [0.29, 0.717) is 6.54 Å². The van der Waals surface area contributed by atoms with Crippen LogP contribution in [0.2, 0.25) is 0 Å². The number of fused-ring (bicyclic) bond motifs is 1. The number of hydrogen-bond acceptors (Lipinski definition) is 2. The van der Waals surface area contributed by atoms with E-state index in [0.717, 1.165) is 27.9 Å². The third-order valence-electron chi connectivity index (χ3n) is 5.11. The van der Waals surface area contributed by atoms with Crippen molar-refractivity contribution in [2.45, 2.75) is 40.2 Å². The number of benzene rings is 2. The van der Waals surface area contributed by atoms with E-state index in [1.165, 1.54) is 6.92 Å². The molecule has 0 saturated heterocycles. The first-order valence-electron chi connectivity index (χ1n) is 9.36. The summed E-state index contributed by atoms with van der Waals surface area (Å²) >= 11 is 0. The summed E-state index contributed by atoms with van der Waals surface area (Å²) in [7, 11) is 0. The van der Waals surface area contributed by atoms with E-state index in [4.69, 9.17) is 0 Å². The minimum atomic E-state index is -0.282. The quantitative estimate of drug-likeness (QED) is 0.796. The maximum atomic E-state index is 13.2. The predicted molar refractivity (Wildman–Crippen MR) is 109 cm³/mol. The number of rotatable bonds is 4. The molecular formula is C23H26N2O2. The predicted octanol–water partition coefficient (Wildman–Crippen LogP) is 4.62. The molecule has 0 spiro atoms. The van der Waals surface area contributed by atoms with Gasteiger partial charge in [-0.05, 0) is 55.2 Å². The molecule has 2 aromatic rings. The second kappa shape index (κ2) is 7.78. The van der Waals surface area contributed by atoms with Crippen molar-refractivity contribution in [1.82, 2.24) is 4.90 Å². The zero-order chi connectivity index (χ0) is 19.6. The van der Waals surface area contributed by atoms with E-state index in [9.17, 15) is 9.59 Å². The highest BCUT2D eigenvalue weighted by Gasteiger charge is 2.30. The van der Waals surface area contributed by atoms with Crippen LogP contribution in [0, 0.1) is 13.8 Å². The molecule has 140 valence electrons. The number of amides is 2. The fourth-order valence-electron chi connectivity index (χ4n) is 3.68. The first kappa shape index (κ1) is 18.9. The van der Waals surface area contributed by atoms with E-state index in [1.54, 1.807) is 11.1 Å². The van der Waals surface area contributed by atoms with Gasteiger partial charge in [0.2, 0.25) is 11.8 Å². The molecule has 0 aromatic heterocycles. The minimum Gasteiger partial charge on any atom is -0.312 e. The fraction of sp³-hybridized carbons (Fsp3) is 0.304. The van der Waals surface area contributed by atoms with E-state index in [2.05, 4.69) is 6.07 Å². The number of aryl methyl sites for hydroxylation is 2. The lowest BCUT2D eigenvalue weighted by Crippen LogP contribution is -2.37. The van der Waals surface area contributed by atoms with Crippen molar-refractivity contribution in [2.75, 3.05) is 11.4 Å². The van der Waals surface area contributed by atoms with Crippen molar-refractivity contribution in [3.05, 3.63) is 70.9 Å². The smallest absolute Gasteiger partial charge is 0.229 e.